The summed E-state index contributed by atoms with van der Waals surface area (Å²) in [6.07, 6.45) is 12.2. The summed E-state index contributed by atoms with van der Waals surface area (Å²) in [5.41, 5.74) is 5.13. The second-order valence-corrected chi connectivity index (χ2v) is 10.9. The number of hydrogen-bond acceptors (Lipinski definition) is 3. The number of carbonyl (C=O) groups excluding carboxylic acids is 1. The van der Waals surface area contributed by atoms with Crippen LogP contribution in [-0.4, -0.2) is 22.0 Å². The fourth-order valence-corrected chi connectivity index (χ4v) is 7.68. The van der Waals surface area contributed by atoms with E-state index in [1.807, 2.05) is 48.6 Å². The molecule has 3 aromatic rings. The second-order valence-electron chi connectivity index (χ2n) is 10.9. The number of allylic oxidation sites excluding steroid dienone is 8. The van der Waals surface area contributed by atoms with E-state index in [1.54, 1.807) is 18.3 Å². The van der Waals surface area contributed by atoms with Gasteiger partial charge >= 0.3 is 0 Å². The number of nitriles is 1. The van der Waals surface area contributed by atoms with Gasteiger partial charge in [0, 0.05) is 23.3 Å². The summed E-state index contributed by atoms with van der Waals surface area (Å²) in [6, 6.07) is 18.9. The Morgan fingerprint density at radius 1 is 1.05 bits per heavy atom. The topological polar surface area (TPSA) is 81.6 Å². The van der Waals surface area contributed by atoms with Crippen LogP contribution in [-0.2, 0) is 10.2 Å². The molecule has 1 saturated carbocycles. The highest BCUT2D eigenvalue weighted by Gasteiger charge is 2.78. The highest BCUT2D eigenvalue weighted by molar-refractivity contribution is 6.00. The first-order valence-corrected chi connectivity index (χ1v) is 13.0. The van der Waals surface area contributed by atoms with E-state index in [0.717, 1.165) is 39.1 Å². The zero-order chi connectivity index (χ0) is 25.6. The summed E-state index contributed by atoms with van der Waals surface area (Å²) in [6.45, 7) is 0. The molecule has 1 amide bonds. The summed E-state index contributed by atoms with van der Waals surface area (Å²) in [5, 5.41) is 13.7. The Bertz CT molecular complexity index is 1670. The molecule has 1 heterocycles. The molecular weight excluding hydrogens is 475 g/mol. The monoisotopic (exact) mass is 498 g/mol. The Hall–Kier alpha value is -4.50. The van der Waals surface area contributed by atoms with Crippen LogP contribution in [0.15, 0.2) is 96.8 Å². The van der Waals surface area contributed by atoms with E-state index in [0.29, 0.717) is 12.4 Å². The number of aromatic nitrogens is 2. The van der Waals surface area contributed by atoms with Crippen LogP contribution < -0.4 is 5.32 Å². The maximum absolute atomic E-state index is 14.5. The molecule has 6 aliphatic rings. The number of benzene rings is 2. The van der Waals surface area contributed by atoms with Crippen molar-refractivity contribution in [2.24, 2.45) is 17.3 Å². The Morgan fingerprint density at radius 3 is 2.53 bits per heavy atom. The minimum Gasteiger partial charge on any atom is -0.324 e. The van der Waals surface area contributed by atoms with Crippen molar-refractivity contribution in [2.75, 3.05) is 5.32 Å². The van der Waals surface area contributed by atoms with Gasteiger partial charge in [-0.2, -0.15) is 5.26 Å². The maximum atomic E-state index is 14.5. The average molecular weight is 499 g/mol. The maximum Gasteiger partial charge on any atom is 0.234 e. The van der Waals surface area contributed by atoms with E-state index in [-0.39, 0.29) is 23.7 Å². The summed E-state index contributed by atoms with van der Waals surface area (Å²) in [4.78, 5) is 21.8. The smallest absolute Gasteiger partial charge is 0.234 e. The first-order valence-electron chi connectivity index (χ1n) is 13.0. The number of alkyl halides is 1. The van der Waals surface area contributed by atoms with E-state index in [2.05, 4.69) is 45.6 Å². The number of hydrogen-bond donors (Lipinski definition) is 2. The van der Waals surface area contributed by atoms with Gasteiger partial charge in [-0.25, -0.2) is 9.37 Å². The number of rotatable bonds is 3. The highest BCUT2D eigenvalue weighted by Crippen LogP contribution is 2.78. The molecule has 184 valence electrons. The molecule has 1 fully saturated rings. The second kappa shape index (κ2) is 7.29. The zero-order valence-corrected chi connectivity index (χ0v) is 20.4. The van der Waals surface area contributed by atoms with Crippen molar-refractivity contribution in [3.8, 4) is 6.07 Å². The lowest BCUT2D eigenvalue weighted by atomic mass is 9.52. The predicted molar refractivity (Wildman–Crippen MR) is 142 cm³/mol. The van der Waals surface area contributed by atoms with E-state index < -0.39 is 17.0 Å². The predicted octanol–water partition coefficient (Wildman–Crippen LogP) is 5.73. The lowest BCUT2D eigenvalue weighted by Gasteiger charge is -2.48. The van der Waals surface area contributed by atoms with Crippen molar-refractivity contribution < 1.29 is 9.18 Å². The van der Waals surface area contributed by atoms with Crippen LogP contribution in [0.5, 0.6) is 0 Å². The van der Waals surface area contributed by atoms with E-state index in [4.69, 9.17) is 0 Å². The molecule has 4 unspecified atom stereocenters. The number of halogens is 1. The van der Waals surface area contributed by atoms with Gasteiger partial charge in [-0.1, -0.05) is 78.9 Å². The fourth-order valence-electron chi connectivity index (χ4n) is 7.68. The quantitative estimate of drug-likeness (QED) is 0.484. The van der Waals surface area contributed by atoms with Gasteiger partial charge < -0.3 is 4.98 Å². The van der Waals surface area contributed by atoms with Crippen molar-refractivity contribution in [1.29, 1.82) is 5.26 Å². The fraction of sp³-hybridized carbons (Fsp3) is 0.219. The van der Waals surface area contributed by atoms with Crippen molar-refractivity contribution in [2.45, 2.75) is 23.9 Å². The van der Waals surface area contributed by atoms with Crippen LogP contribution in [0.2, 0.25) is 0 Å². The third-order valence-corrected chi connectivity index (χ3v) is 9.30. The molecule has 0 spiro atoms. The number of nitrogens with one attached hydrogen (secondary N) is 2. The Labute approximate surface area is 219 Å². The van der Waals surface area contributed by atoms with Crippen molar-refractivity contribution >= 4 is 17.4 Å². The first kappa shape index (κ1) is 21.6. The molecular formula is C32H23FN4O. The van der Waals surface area contributed by atoms with Gasteiger partial charge in [0.15, 0.2) is 0 Å². The molecule has 2 aromatic carbocycles. The van der Waals surface area contributed by atoms with Gasteiger partial charge in [-0.3, -0.25) is 10.1 Å². The number of nitrogens with zero attached hydrogens (tertiary/aromatic N) is 2. The molecule has 38 heavy (non-hydrogen) atoms. The highest BCUT2D eigenvalue weighted by atomic mass is 19.1. The lowest BCUT2D eigenvalue weighted by molar-refractivity contribution is -0.122. The van der Waals surface area contributed by atoms with Crippen LogP contribution in [0.1, 0.15) is 40.3 Å². The minimum atomic E-state index is -1.07. The number of amides is 1. The summed E-state index contributed by atoms with van der Waals surface area (Å²) >= 11 is 0. The number of H-pyrrole nitrogens is 1. The average Bonchev–Trinajstić information content (AvgIpc) is 3.59. The first-order chi connectivity index (χ1) is 18.6. The summed E-state index contributed by atoms with van der Waals surface area (Å²) in [5.74, 6) is -0.299. The van der Waals surface area contributed by atoms with Crippen LogP contribution in [0.3, 0.4) is 0 Å². The van der Waals surface area contributed by atoms with Gasteiger partial charge in [-0.15, -0.1) is 0 Å². The standard InChI is InChI=1S/C32H23FN4O/c33-25-14-13-20(18-7-1-2-8-19(18)25)26-16-35-30(36-26)37-29(38)31-15-27(31)32(17-34)23-11-5-3-9-21(23)28(31)22-10-4-6-12-24(22)32/h1-14,16,19,25,27-28H,15H2,(H2,35,36,37,38). The largest absolute Gasteiger partial charge is 0.324 e. The van der Waals surface area contributed by atoms with Crippen molar-refractivity contribution in [3.63, 3.8) is 0 Å². The number of aromatic amines is 1. The molecule has 9 rings (SSSR count). The van der Waals surface area contributed by atoms with Gasteiger partial charge in [0.2, 0.25) is 11.9 Å². The summed E-state index contributed by atoms with van der Waals surface area (Å²) in [7, 11) is 0. The molecule has 5 nitrogen and oxygen atoms in total. The Balaban J connectivity index is 1.17. The van der Waals surface area contributed by atoms with Crippen molar-refractivity contribution in [1.82, 2.24) is 9.97 Å². The molecule has 6 aliphatic carbocycles. The molecule has 4 atom stereocenters. The van der Waals surface area contributed by atoms with Crippen LogP contribution in [0.25, 0.3) is 5.57 Å². The number of fused-ring (bicyclic) bond motifs is 1. The van der Waals surface area contributed by atoms with Crippen LogP contribution >= 0.6 is 0 Å². The zero-order valence-electron chi connectivity index (χ0n) is 20.4. The number of anilines is 1. The van der Waals surface area contributed by atoms with Gasteiger partial charge in [0.25, 0.3) is 0 Å². The minimum absolute atomic E-state index is 0.100. The Kier molecular flexibility index (Phi) is 4.14. The normalized spacial score (nSPS) is 32.6. The molecule has 0 saturated heterocycles. The molecule has 6 heteroatoms. The molecule has 2 N–H and O–H groups in total. The third-order valence-electron chi connectivity index (χ3n) is 9.30. The molecule has 0 radical (unpaired) electrons. The van der Waals surface area contributed by atoms with Crippen LogP contribution in [0.4, 0.5) is 10.3 Å². The summed E-state index contributed by atoms with van der Waals surface area (Å²) < 4.78 is 14.5. The van der Waals surface area contributed by atoms with Crippen LogP contribution in [0, 0.1) is 28.6 Å². The van der Waals surface area contributed by atoms with Crippen molar-refractivity contribution in [3.05, 3.63) is 125 Å². The van der Waals surface area contributed by atoms with Gasteiger partial charge in [-0.05, 0) is 40.3 Å². The molecule has 2 bridgehead atoms. The third kappa shape index (κ3) is 2.49. The van der Waals surface area contributed by atoms with E-state index in [1.165, 1.54) is 0 Å². The van der Waals surface area contributed by atoms with Gasteiger partial charge in [0.05, 0.1) is 23.4 Å². The van der Waals surface area contributed by atoms with Gasteiger partial charge in [0.1, 0.15) is 11.6 Å². The Morgan fingerprint density at radius 2 is 1.79 bits per heavy atom. The van der Waals surface area contributed by atoms with E-state index >= 15 is 0 Å². The number of carbonyl (C=O) groups is 1. The lowest BCUT2D eigenvalue weighted by Crippen LogP contribution is -2.49. The number of imidazole rings is 1. The molecule has 1 aromatic heterocycles. The SMILES string of the molecule is N#CC12c3ccccc3C(c3ccccc31)C1(C(=O)Nc3ncc(C4=C5C=CC=CC5C(F)C=C4)[nH]3)CC21. The van der Waals surface area contributed by atoms with E-state index in [9.17, 15) is 14.4 Å². The molecule has 0 aliphatic heterocycles.